The van der Waals surface area contributed by atoms with E-state index in [-0.39, 0.29) is 0 Å². The van der Waals surface area contributed by atoms with Crippen molar-refractivity contribution in [2.24, 2.45) is 0 Å². The Morgan fingerprint density at radius 3 is 2.95 bits per heavy atom. The number of ether oxygens (including phenoxy) is 2. The number of benzene rings is 1. The van der Waals surface area contributed by atoms with Crippen LogP contribution in [0.1, 0.15) is 17.5 Å². The lowest BCUT2D eigenvalue weighted by Gasteiger charge is -2.26. The molecule has 4 nitrogen and oxygen atoms in total. The van der Waals surface area contributed by atoms with Crippen LogP contribution in [0.2, 0.25) is 0 Å². The quantitative estimate of drug-likeness (QED) is 0.797. The molecule has 1 aromatic rings. The van der Waals surface area contributed by atoms with Crippen molar-refractivity contribution in [1.82, 2.24) is 10.2 Å². The molecule has 0 aliphatic carbocycles. The lowest BCUT2D eigenvalue weighted by atomic mass is 10.1. The highest BCUT2D eigenvalue weighted by molar-refractivity contribution is 5.39. The Labute approximate surface area is 121 Å². The average molecular weight is 276 g/mol. The predicted octanol–water partition coefficient (Wildman–Crippen LogP) is 1.43. The summed E-state index contributed by atoms with van der Waals surface area (Å²) in [5.41, 5.74) is 2.72. The van der Waals surface area contributed by atoms with Gasteiger partial charge in [0.25, 0.3) is 0 Å². The highest BCUT2D eigenvalue weighted by atomic mass is 16.5. The summed E-state index contributed by atoms with van der Waals surface area (Å²) in [4.78, 5) is 2.48. The van der Waals surface area contributed by atoms with Gasteiger partial charge in [-0.3, -0.25) is 4.90 Å². The van der Waals surface area contributed by atoms with Gasteiger partial charge in [-0.05, 0) is 36.7 Å². The van der Waals surface area contributed by atoms with Crippen LogP contribution in [0, 0.1) is 0 Å². The van der Waals surface area contributed by atoms with Gasteiger partial charge in [-0.2, -0.15) is 0 Å². The van der Waals surface area contributed by atoms with Crippen molar-refractivity contribution in [1.29, 1.82) is 0 Å². The molecule has 0 atom stereocenters. The van der Waals surface area contributed by atoms with Gasteiger partial charge < -0.3 is 14.8 Å². The third-order valence-corrected chi connectivity index (χ3v) is 4.01. The maximum atomic E-state index is 5.53. The molecule has 110 valence electrons. The van der Waals surface area contributed by atoms with E-state index in [2.05, 4.69) is 28.4 Å². The van der Waals surface area contributed by atoms with Crippen LogP contribution in [0.15, 0.2) is 18.2 Å². The van der Waals surface area contributed by atoms with Crippen LogP contribution < -0.4 is 10.1 Å². The van der Waals surface area contributed by atoms with Gasteiger partial charge in [-0.25, -0.2) is 0 Å². The Bertz CT molecular complexity index is 430. The second kappa shape index (κ2) is 7.07. The van der Waals surface area contributed by atoms with E-state index in [1.54, 1.807) is 0 Å². The summed E-state index contributed by atoms with van der Waals surface area (Å²) in [7, 11) is 0. The molecule has 1 aromatic carbocycles. The van der Waals surface area contributed by atoms with E-state index in [4.69, 9.17) is 9.47 Å². The summed E-state index contributed by atoms with van der Waals surface area (Å²) in [6.07, 6.45) is 2.26. The fraction of sp³-hybridized carbons (Fsp3) is 0.625. The largest absolute Gasteiger partial charge is 0.493 e. The molecule has 0 saturated carbocycles. The summed E-state index contributed by atoms with van der Waals surface area (Å²) in [5, 5.41) is 3.53. The van der Waals surface area contributed by atoms with Crippen molar-refractivity contribution in [3.05, 3.63) is 29.3 Å². The van der Waals surface area contributed by atoms with Gasteiger partial charge in [-0.1, -0.05) is 12.1 Å². The SMILES string of the molecule is c1cc2c(cc1CNCCCN1CCOCC1)CCO2. The third-order valence-electron chi connectivity index (χ3n) is 4.01. The second-order valence-corrected chi connectivity index (χ2v) is 5.52. The topological polar surface area (TPSA) is 33.7 Å². The van der Waals surface area contributed by atoms with Crippen LogP contribution in [0.4, 0.5) is 0 Å². The van der Waals surface area contributed by atoms with E-state index >= 15 is 0 Å². The van der Waals surface area contributed by atoms with E-state index in [0.717, 1.165) is 58.2 Å². The molecule has 20 heavy (non-hydrogen) atoms. The molecule has 3 rings (SSSR count). The van der Waals surface area contributed by atoms with E-state index in [1.165, 1.54) is 24.1 Å². The van der Waals surface area contributed by atoms with Gasteiger partial charge in [0.05, 0.1) is 19.8 Å². The molecular weight excluding hydrogens is 252 g/mol. The molecule has 0 radical (unpaired) electrons. The summed E-state index contributed by atoms with van der Waals surface area (Å²) in [6.45, 7) is 8.01. The molecule has 0 spiro atoms. The Morgan fingerprint density at radius 2 is 2.05 bits per heavy atom. The molecule has 2 aliphatic rings. The lowest BCUT2D eigenvalue weighted by Crippen LogP contribution is -2.37. The first-order chi connectivity index (χ1) is 9.92. The zero-order valence-electron chi connectivity index (χ0n) is 12.1. The number of morpholine rings is 1. The Kier molecular flexibility index (Phi) is 4.90. The monoisotopic (exact) mass is 276 g/mol. The van der Waals surface area contributed by atoms with E-state index in [1.807, 2.05) is 0 Å². The third kappa shape index (κ3) is 3.72. The molecule has 2 heterocycles. The lowest BCUT2D eigenvalue weighted by molar-refractivity contribution is 0.0374. The highest BCUT2D eigenvalue weighted by Gasteiger charge is 2.12. The fourth-order valence-electron chi connectivity index (χ4n) is 2.84. The van der Waals surface area contributed by atoms with E-state index < -0.39 is 0 Å². The Balaban J connectivity index is 1.33. The van der Waals surface area contributed by atoms with Crippen molar-refractivity contribution in [2.45, 2.75) is 19.4 Å². The first-order valence-electron chi connectivity index (χ1n) is 7.67. The summed E-state index contributed by atoms with van der Waals surface area (Å²) >= 11 is 0. The molecule has 0 unspecified atom stereocenters. The molecule has 4 heteroatoms. The Hall–Kier alpha value is -1.10. The first-order valence-corrected chi connectivity index (χ1v) is 7.67. The van der Waals surface area contributed by atoms with Crippen LogP contribution in [-0.4, -0.2) is 50.9 Å². The molecule has 1 N–H and O–H groups in total. The molecule has 1 saturated heterocycles. The van der Waals surface area contributed by atoms with Crippen LogP contribution >= 0.6 is 0 Å². The number of hydrogen-bond donors (Lipinski definition) is 1. The van der Waals surface area contributed by atoms with Gasteiger partial charge in [0.1, 0.15) is 5.75 Å². The fourth-order valence-corrected chi connectivity index (χ4v) is 2.84. The minimum Gasteiger partial charge on any atom is -0.493 e. The number of nitrogens with one attached hydrogen (secondary N) is 1. The summed E-state index contributed by atoms with van der Waals surface area (Å²) in [5.74, 6) is 1.07. The van der Waals surface area contributed by atoms with Crippen LogP contribution in [0.25, 0.3) is 0 Å². The minimum atomic E-state index is 0.839. The van der Waals surface area contributed by atoms with Crippen molar-refractivity contribution < 1.29 is 9.47 Å². The summed E-state index contributed by atoms with van der Waals surface area (Å²) < 4.78 is 10.9. The second-order valence-electron chi connectivity index (χ2n) is 5.52. The van der Waals surface area contributed by atoms with E-state index in [9.17, 15) is 0 Å². The molecule has 0 amide bonds. The molecule has 0 bridgehead atoms. The van der Waals surface area contributed by atoms with Gasteiger partial charge in [0.15, 0.2) is 0 Å². The van der Waals surface area contributed by atoms with Crippen molar-refractivity contribution in [3.8, 4) is 5.75 Å². The normalized spacial score (nSPS) is 18.8. The standard InChI is InChI=1S/C16H24N2O2/c1(6-18-7-10-19-11-8-18)5-17-13-14-2-3-16-15(12-14)4-9-20-16/h2-3,12,17H,1,4-11,13H2. The predicted molar refractivity (Wildman–Crippen MR) is 79.2 cm³/mol. The highest BCUT2D eigenvalue weighted by Crippen LogP contribution is 2.25. The number of nitrogens with zero attached hydrogens (tertiary/aromatic N) is 1. The van der Waals surface area contributed by atoms with Gasteiger partial charge in [-0.15, -0.1) is 0 Å². The minimum absolute atomic E-state index is 0.839. The van der Waals surface area contributed by atoms with Crippen LogP contribution in [0.5, 0.6) is 5.75 Å². The van der Waals surface area contributed by atoms with Crippen molar-refractivity contribution in [3.63, 3.8) is 0 Å². The number of hydrogen-bond acceptors (Lipinski definition) is 4. The van der Waals surface area contributed by atoms with Crippen LogP contribution in [-0.2, 0) is 17.7 Å². The molecule has 2 aliphatic heterocycles. The Morgan fingerprint density at radius 1 is 1.15 bits per heavy atom. The zero-order valence-corrected chi connectivity index (χ0v) is 12.1. The van der Waals surface area contributed by atoms with Crippen molar-refractivity contribution in [2.75, 3.05) is 46.0 Å². The van der Waals surface area contributed by atoms with Gasteiger partial charge in [0.2, 0.25) is 0 Å². The molecular formula is C16H24N2O2. The molecule has 0 aromatic heterocycles. The van der Waals surface area contributed by atoms with Crippen LogP contribution in [0.3, 0.4) is 0 Å². The first kappa shape index (κ1) is 13.9. The maximum absolute atomic E-state index is 5.53. The smallest absolute Gasteiger partial charge is 0.122 e. The summed E-state index contributed by atoms with van der Waals surface area (Å²) in [6, 6.07) is 6.55. The maximum Gasteiger partial charge on any atom is 0.122 e. The number of rotatable bonds is 6. The molecule has 1 fully saturated rings. The van der Waals surface area contributed by atoms with Gasteiger partial charge >= 0.3 is 0 Å². The number of fused-ring (bicyclic) bond motifs is 1. The van der Waals surface area contributed by atoms with E-state index in [0.29, 0.717) is 0 Å². The van der Waals surface area contributed by atoms with Crippen molar-refractivity contribution >= 4 is 0 Å². The zero-order chi connectivity index (χ0) is 13.6. The van der Waals surface area contributed by atoms with Gasteiger partial charge in [0, 0.05) is 26.1 Å². The average Bonchev–Trinajstić information content (AvgIpc) is 2.95.